The monoisotopic (exact) mass is 178 g/mol. The van der Waals surface area contributed by atoms with Crippen molar-refractivity contribution in [1.82, 2.24) is 0 Å². The molecule has 1 aromatic carbocycles. The molecule has 0 bridgehead atoms. The first-order valence-corrected chi connectivity index (χ1v) is 4.40. The van der Waals surface area contributed by atoms with Crippen LogP contribution in [0.2, 0.25) is 0 Å². The second-order valence-electron chi connectivity index (χ2n) is 3.20. The number of carbonyl (C=O) groups is 1. The third-order valence-corrected chi connectivity index (χ3v) is 2.42. The fraction of sp³-hybridized carbons (Fsp3) is 0.364. The fourth-order valence-corrected chi connectivity index (χ4v) is 1.46. The standard InChI is InChI=1S/C11H14O2/c1-4-9-6-5-7(2)8(3)10(9)11(12)13/h5-6H,4H2,1-3H3,(H,12,13). The summed E-state index contributed by atoms with van der Waals surface area (Å²) in [6, 6.07) is 3.87. The predicted molar refractivity (Wildman–Crippen MR) is 52.3 cm³/mol. The third-order valence-electron chi connectivity index (χ3n) is 2.42. The second kappa shape index (κ2) is 3.60. The molecule has 0 spiro atoms. The van der Waals surface area contributed by atoms with Crippen molar-refractivity contribution in [2.24, 2.45) is 0 Å². The molecule has 0 aliphatic heterocycles. The molecule has 0 unspecified atom stereocenters. The summed E-state index contributed by atoms with van der Waals surface area (Å²) in [5.41, 5.74) is 3.31. The molecule has 1 N–H and O–H groups in total. The first-order chi connectivity index (χ1) is 6.07. The van der Waals surface area contributed by atoms with Crippen LogP contribution in [0, 0.1) is 13.8 Å². The highest BCUT2D eigenvalue weighted by Gasteiger charge is 2.12. The average Bonchev–Trinajstić information content (AvgIpc) is 2.08. The van der Waals surface area contributed by atoms with Gasteiger partial charge in [-0.2, -0.15) is 0 Å². The minimum Gasteiger partial charge on any atom is -0.478 e. The van der Waals surface area contributed by atoms with Crippen molar-refractivity contribution >= 4 is 5.97 Å². The van der Waals surface area contributed by atoms with Crippen LogP contribution in [0.1, 0.15) is 34.0 Å². The summed E-state index contributed by atoms with van der Waals surface area (Å²) >= 11 is 0. The van der Waals surface area contributed by atoms with E-state index in [4.69, 9.17) is 5.11 Å². The van der Waals surface area contributed by atoms with E-state index in [1.165, 1.54) is 0 Å². The minimum atomic E-state index is -0.821. The van der Waals surface area contributed by atoms with Gasteiger partial charge in [-0.25, -0.2) is 4.79 Å². The number of rotatable bonds is 2. The summed E-state index contributed by atoms with van der Waals surface area (Å²) in [6.45, 7) is 5.76. The molecule has 0 heterocycles. The Morgan fingerprint density at radius 2 is 2.00 bits per heavy atom. The van der Waals surface area contributed by atoms with Crippen LogP contribution in [0.25, 0.3) is 0 Å². The molecule has 1 aromatic rings. The van der Waals surface area contributed by atoms with Crippen molar-refractivity contribution in [2.45, 2.75) is 27.2 Å². The molecule has 0 atom stereocenters. The smallest absolute Gasteiger partial charge is 0.336 e. The van der Waals surface area contributed by atoms with Gasteiger partial charge in [-0.15, -0.1) is 0 Å². The topological polar surface area (TPSA) is 37.3 Å². The van der Waals surface area contributed by atoms with Gasteiger partial charge < -0.3 is 5.11 Å². The maximum atomic E-state index is 11.0. The van der Waals surface area contributed by atoms with E-state index in [2.05, 4.69) is 0 Å². The van der Waals surface area contributed by atoms with E-state index in [1.807, 2.05) is 32.9 Å². The van der Waals surface area contributed by atoms with Gasteiger partial charge in [-0.1, -0.05) is 19.1 Å². The lowest BCUT2D eigenvalue weighted by molar-refractivity contribution is 0.0695. The molecule has 0 aliphatic rings. The second-order valence-corrected chi connectivity index (χ2v) is 3.20. The van der Waals surface area contributed by atoms with E-state index < -0.39 is 5.97 Å². The van der Waals surface area contributed by atoms with Crippen LogP contribution in [-0.4, -0.2) is 11.1 Å². The number of benzene rings is 1. The van der Waals surface area contributed by atoms with Gasteiger partial charge in [0.05, 0.1) is 5.56 Å². The highest BCUT2D eigenvalue weighted by molar-refractivity contribution is 5.91. The Morgan fingerprint density at radius 1 is 1.38 bits per heavy atom. The predicted octanol–water partition coefficient (Wildman–Crippen LogP) is 2.56. The zero-order valence-electron chi connectivity index (χ0n) is 8.22. The van der Waals surface area contributed by atoms with Crippen molar-refractivity contribution in [3.63, 3.8) is 0 Å². The Morgan fingerprint density at radius 3 is 2.46 bits per heavy atom. The SMILES string of the molecule is CCc1ccc(C)c(C)c1C(=O)O. The summed E-state index contributed by atoms with van der Waals surface area (Å²) in [4.78, 5) is 11.0. The molecule has 1 rings (SSSR count). The van der Waals surface area contributed by atoms with Crippen LogP contribution < -0.4 is 0 Å². The van der Waals surface area contributed by atoms with Crippen LogP contribution in [0.15, 0.2) is 12.1 Å². The zero-order valence-corrected chi connectivity index (χ0v) is 8.22. The normalized spacial score (nSPS) is 10.1. The van der Waals surface area contributed by atoms with E-state index in [-0.39, 0.29) is 0 Å². The molecule has 0 aromatic heterocycles. The lowest BCUT2D eigenvalue weighted by Crippen LogP contribution is -2.05. The van der Waals surface area contributed by atoms with Crippen molar-refractivity contribution < 1.29 is 9.90 Å². The van der Waals surface area contributed by atoms with Gasteiger partial charge in [0.25, 0.3) is 0 Å². The summed E-state index contributed by atoms with van der Waals surface area (Å²) < 4.78 is 0. The van der Waals surface area contributed by atoms with Crippen molar-refractivity contribution in [1.29, 1.82) is 0 Å². The number of aryl methyl sites for hydroxylation is 2. The summed E-state index contributed by atoms with van der Waals surface area (Å²) in [5.74, 6) is -0.821. The molecule has 0 saturated carbocycles. The molecule has 0 saturated heterocycles. The Labute approximate surface area is 78.2 Å². The largest absolute Gasteiger partial charge is 0.478 e. The fourth-order valence-electron chi connectivity index (χ4n) is 1.46. The van der Waals surface area contributed by atoms with Gasteiger partial charge in [0.1, 0.15) is 0 Å². The van der Waals surface area contributed by atoms with Crippen LogP contribution in [-0.2, 0) is 6.42 Å². The first-order valence-electron chi connectivity index (χ1n) is 4.40. The Kier molecular flexibility index (Phi) is 2.71. The Hall–Kier alpha value is -1.31. The first kappa shape index (κ1) is 9.78. The van der Waals surface area contributed by atoms with Crippen molar-refractivity contribution in [3.8, 4) is 0 Å². The molecular weight excluding hydrogens is 164 g/mol. The quantitative estimate of drug-likeness (QED) is 0.755. The molecule has 0 aliphatic carbocycles. The molecule has 0 amide bonds. The number of aromatic carboxylic acids is 1. The highest BCUT2D eigenvalue weighted by atomic mass is 16.4. The van der Waals surface area contributed by atoms with E-state index in [0.29, 0.717) is 5.56 Å². The molecule has 2 heteroatoms. The molecule has 0 fully saturated rings. The van der Waals surface area contributed by atoms with Crippen LogP contribution in [0.4, 0.5) is 0 Å². The Balaban J connectivity index is 3.41. The summed E-state index contributed by atoms with van der Waals surface area (Å²) in [6.07, 6.45) is 0.767. The minimum absolute atomic E-state index is 0.475. The molecule has 70 valence electrons. The van der Waals surface area contributed by atoms with Crippen LogP contribution >= 0.6 is 0 Å². The van der Waals surface area contributed by atoms with Crippen LogP contribution in [0.3, 0.4) is 0 Å². The molecule has 0 radical (unpaired) electrons. The van der Waals surface area contributed by atoms with Crippen LogP contribution in [0.5, 0.6) is 0 Å². The van der Waals surface area contributed by atoms with Gasteiger partial charge in [-0.3, -0.25) is 0 Å². The average molecular weight is 178 g/mol. The third kappa shape index (κ3) is 1.72. The van der Waals surface area contributed by atoms with Crippen molar-refractivity contribution in [3.05, 3.63) is 34.4 Å². The number of hydrogen-bond donors (Lipinski definition) is 1. The number of carboxylic acids is 1. The van der Waals surface area contributed by atoms with Gasteiger partial charge in [0, 0.05) is 0 Å². The van der Waals surface area contributed by atoms with E-state index in [1.54, 1.807) is 0 Å². The summed E-state index contributed by atoms with van der Waals surface area (Å²) in [5, 5.41) is 9.00. The lowest BCUT2D eigenvalue weighted by Gasteiger charge is -2.09. The molecule has 2 nitrogen and oxygen atoms in total. The highest BCUT2D eigenvalue weighted by Crippen LogP contribution is 2.18. The van der Waals surface area contributed by atoms with Crippen molar-refractivity contribution in [2.75, 3.05) is 0 Å². The number of hydrogen-bond acceptors (Lipinski definition) is 1. The van der Waals surface area contributed by atoms with Gasteiger partial charge in [0.2, 0.25) is 0 Å². The van der Waals surface area contributed by atoms with Gasteiger partial charge >= 0.3 is 5.97 Å². The maximum Gasteiger partial charge on any atom is 0.336 e. The number of carboxylic acid groups (broad SMARTS) is 1. The summed E-state index contributed by atoms with van der Waals surface area (Å²) in [7, 11) is 0. The van der Waals surface area contributed by atoms with E-state index in [9.17, 15) is 4.79 Å². The maximum absolute atomic E-state index is 11.0. The van der Waals surface area contributed by atoms with E-state index >= 15 is 0 Å². The van der Waals surface area contributed by atoms with Gasteiger partial charge in [0.15, 0.2) is 0 Å². The van der Waals surface area contributed by atoms with E-state index in [0.717, 1.165) is 23.1 Å². The Bertz CT molecular complexity index is 340. The lowest BCUT2D eigenvalue weighted by atomic mass is 9.96. The molecular formula is C11H14O2. The van der Waals surface area contributed by atoms with Gasteiger partial charge in [-0.05, 0) is 37.0 Å². The zero-order chi connectivity index (χ0) is 10.0. The molecule has 13 heavy (non-hydrogen) atoms.